The third-order valence-corrected chi connectivity index (χ3v) is 3.43. The number of hydrogen-bond donors (Lipinski definition) is 0. The van der Waals surface area contributed by atoms with E-state index in [4.69, 9.17) is 4.74 Å². The van der Waals surface area contributed by atoms with E-state index in [-0.39, 0.29) is 12.0 Å². The highest BCUT2D eigenvalue weighted by Crippen LogP contribution is 2.12. The Morgan fingerprint density at radius 1 is 1.24 bits per heavy atom. The van der Waals surface area contributed by atoms with E-state index in [0.29, 0.717) is 6.54 Å². The van der Waals surface area contributed by atoms with Crippen LogP contribution in [0.5, 0.6) is 0 Å². The van der Waals surface area contributed by atoms with E-state index >= 15 is 0 Å². The lowest BCUT2D eigenvalue weighted by Gasteiger charge is -2.12. The minimum Gasteiger partial charge on any atom is -0.372 e. The van der Waals surface area contributed by atoms with E-state index in [1.807, 2.05) is 0 Å². The van der Waals surface area contributed by atoms with E-state index in [9.17, 15) is 4.79 Å². The quantitative estimate of drug-likeness (QED) is 0.662. The highest BCUT2D eigenvalue weighted by molar-refractivity contribution is 5.83. The molecule has 2 fully saturated rings. The van der Waals surface area contributed by atoms with Crippen LogP contribution in [0.4, 0.5) is 0 Å². The summed E-state index contributed by atoms with van der Waals surface area (Å²) in [5, 5.41) is 0. The van der Waals surface area contributed by atoms with Crippen molar-refractivity contribution < 1.29 is 9.53 Å². The Bertz CT molecular complexity index is 326. The minimum absolute atomic E-state index is 0.0861. The molecule has 17 heavy (non-hydrogen) atoms. The van der Waals surface area contributed by atoms with Crippen molar-refractivity contribution in [3.05, 3.63) is 0 Å². The maximum atomic E-state index is 11.7. The number of nitrogens with zero attached hydrogens (tertiary/aromatic N) is 2. The molecule has 0 spiro atoms. The number of likely N-dealkylation sites (tertiary alicyclic amines) is 2. The first kappa shape index (κ1) is 12.4. The van der Waals surface area contributed by atoms with Gasteiger partial charge < -0.3 is 9.64 Å². The Kier molecular flexibility index (Phi) is 4.41. The molecule has 0 radical (unpaired) electrons. The molecular weight excluding hydrogens is 216 g/mol. The lowest BCUT2D eigenvalue weighted by atomic mass is 10.3. The van der Waals surface area contributed by atoms with E-state index in [1.54, 1.807) is 12.0 Å². The smallest absolute Gasteiger partial charge is 0.252 e. The molecule has 0 aliphatic carbocycles. The molecule has 2 aliphatic heterocycles. The van der Waals surface area contributed by atoms with Gasteiger partial charge in [-0.3, -0.25) is 9.69 Å². The Morgan fingerprint density at radius 2 is 1.94 bits per heavy atom. The molecule has 2 saturated heterocycles. The van der Waals surface area contributed by atoms with Crippen molar-refractivity contribution in [3.8, 4) is 11.8 Å². The number of rotatable bonds is 3. The average Bonchev–Trinajstić information content (AvgIpc) is 2.95. The van der Waals surface area contributed by atoms with Gasteiger partial charge in [-0.15, -0.1) is 0 Å². The SMILES string of the molecule is COC1CCN(CC#CCN2CCCC2)C1=O. The van der Waals surface area contributed by atoms with Gasteiger partial charge >= 0.3 is 0 Å². The van der Waals surface area contributed by atoms with Crippen molar-refractivity contribution in [1.82, 2.24) is 9.80 Å². The highest BCUT2D eigenvalue weighted by Gasteiger charge is 2.30. The third kappa shape index (κ3) is 3.21. The summed E-state index contributed by atoms with van der Waals surface area (Å²) in [7, 11) is 1.59. The molecule has 0 aromatic carbocycles. The normalized spacial score (nSPS) is 25.1. The number of amides is 1. The zero-order chi connectivity index (χ0) is 12.1. The molecule has 0 aromatic heterocycles. The van der Waals surface area contributed by atoms with Crippen LogP contribution in [0.2, 0.25) is 0 Å². The van der Waals surface area contributed by atoms with Crippen LogP contribution in [-0.4, -0.2) is 61.6 Å². The number of methoxy groups -OCH3 is 1. The van der Waals surface area contributed by atoms with Gasteiger partial charge in [-0.1, -0.05) is 11.8 Å². The number of hydrogen-bond acceptors (Lipinski definition) is 3. The maximum absolute atomic E-state index is 11.7. The van der Waals surface area contributed by atoms with Gasteiger partial charge in [0.2, 0.25) is 0 Å². The first-order valence-electron chi connectivity index (χ1n) is 6.31. The summed E-state index contributed by atoms with van der Waals surface area (Å²) >= 11 is 0. The van der Waals surface area contributed by atoms with Gasteiger partial charge in [-0.2, -0.15) is 0 Å². The Hall–Kier alpha value is -1.05. The Labute approximate surface area is 103 Å². The summed E-state index contributed by atoms with van der Waals surface area (Å²) in [5.74, 6) is 6.32. The fraction of sp³-hybridized carbons (Fsp3) is 0.769. The summed E-state index contributed by atoms with van der Waals surface area (Å²) < 4.78 is 5.09. The molecule has 0 N–H and O–H groups in total. The van der Waals surface area contributed by atoms with Gasteiger partial charge in [0.25, 0.3) is 5.91 Å². The molecule has 1 unspecified atom stereocenters. The molecule has 0 saturated carbocycles. The Morgan fingerprint density at radius 3 is 2.59 bits per heavy atom. The minimum atomic E-state index is -0.240. The summed E-state index contributed by atoms with van der Waals surface area (Å²) in [6, 6.07) is 0. The molecule has 94 valence electrons. The number of ether oxygens (including phenoxy) is 1. The first-order chi connectivity index (χ1) is 8.31. The molecule has 0 aromatic rings. The maximum Gasteiger partial charge on any atom is 0.252 e. The van der Waals surface area contributed by atoms with Crippen molar-refractivity contribution in [3.63, 3.8) is 0 Å². The van der Waals surface area contributed by atoms with Crippen LogP contribution < -0.4 is 0 Å². The molecule has 4 nitrogen and oxygen atoms in total. The van der Waals surface area contributed by atoms with Crippen LogP contribution in [0.15, 0.2) is 0 Å². The zero-order valence-electron chi connectivity index (χ0n) is 10.4. The third-order valence-electron chi connectivity index (χ3n) is 3.43. The average molecular weight is 236 g/mol. The topological polar surface area (TPSA) is 32.8 Å². The van der Waals surface area contributed by atoms with E-state index < -0.39 is 0 Å². The van der Waals surface area contributed by atoms with Crippen molar-refractivity contribution in [2.75, 3.05) is 39.8 Å². The van der Waals surface area contributed by atoms with Crippen LogP contribution in [0.1, 0.15) is 19.3 Å². The molecule has 4 heteroatoms. The summed E-state index contributed by atoms with van der Waals surface area (Å²) in [4.78, 5) is 15.9. The van der Waals surface area contributed by atoms with E-state index in [1.165, 1.54) is 25.9 Å². The molecule has 2 aliphatic rings. The van der Waals surface area contributed by atoms with Crippen LogP contribution in [-0.2, 0) is 9.53 Å². The highest BCUT2D eigenvalue weighted by atomic mass is 16.5. The van der Waals surface area contributed by atoms with Gasteiger partial charge in [-0.05, 0) is 25.9 Å². The second kappa shape index (κ2) is 6.04. The molecule has 2 heterocycles. The number of carbonyl (C=O) groups excluding carboxylic acids is 1. The van der Waals surface area contributed by atoms with E-state index in [0.717, 1.165) is 19.5 Å². The predicted molar refractivity (Wildman–Crippen MR) is 65.4 cm³/mol. The fourth-order valence-corrected chi connectivity index (χ4v) is 2.35. The fourth-order valence-electron chi connectivity index (χ4n) is 2.35. The molecule has 2 rings (SSSR count). The van der Waals surface area contributed by atoms with Crippen molar-refractivity contribution >= 4 is 5.91 Å². The summed E-state index contributed by atoms with van der Waals surface area (Å²) in [5.41, 5.74) is 0. The van der Waals surface area contributed by atoms with Crippen LogP contribution in [0.25, 0.3) is 0 Å². The molecule has 1 atom stereocenters. The second-order valence-electron chi connectivity index (χ2n) is 4.61. The van der Waals surface area contributed by atoms with Gasteiger partial charge in [0.15, 0.2) is 0 Å². The van der Waals surface area contributed by atoms with Gasteiger partial charge in [-0.25, -0.2) is 0 Å². The lowest BCUT2D eigenvalue weighted by Crippen LogP contribution is -2.30. The van der Waals surface area contributed by atoms with Crippen molar-refractivity contribution in [2.24, 2.45) is 0 Å². The molecule has 1 amide bonds. The molecular formula is C13H20N2O2. The predicted octanol–water partition coefficient (Wildman–Crippen LogP) is 0.333. The zero-order valence-corrected chi connectivity index (χ0v) is 10.4. The summed E-state index contributed by atoms with van der Waals surface area (Å²) in [6.07, 6.45) is 3.14. The standard InChI is InChI=1S/C13H20N2O2/c1-17-12-6-11-15(13(12)16)10-5-4-9-14-7-2-3-8-14/h12H,2-3,6-11H2,1H3. The second-order valence-corrected chi connectivity index (χ2v) is 4.61. The number of carbonyl (C=O) groups is 1. The largest absolute Gasteiger partial charge is 0.372 e. The van der Waals surface area contributed by atoms with Gasteiger partial charge in [0.1, 0.15) is 6.10 Å². The monoisotopic (exact) mass is 236 g/mol. The van der Waals surface area contributed by atoms with Crippen LogP contribution in [0.3, 0.4) is 0 Å². The molecule has 0 bridgehead atoms. The van der Waals surface area contributed by atoms with Crippen LogP contribution in [0, 0.1) is 11.8 Å². The Balaban J connectivity index is 1.71. The first-order valence-corrected chi connectivity index (χ1v) is 6.31. The van der Waals surface area contributed by atoms with Crippen molar-refractivity contribution in [1.29, 1.82) is 0 Å². The lowest BCUT2D eigenvalue weighted by molar-refractivity contribution is -0.135. The summed E-state index contributed by atoms with van der Waals surface area (Å²) in [6.45, 7) is 4.50. The van der Waals surface area contributed by atoms with Gasteiger partial charge in [0, 0.05) is 20.1 Å². The van der Waals surface area contributed by atoms with Crippen molar-refractivity contribution in [2.45, 2.75) is 25.4 Å². The van der Waals surface area contributed by atoms with E-state index in [2.05, 4.69) is 16.7 Å². The van der Waals surface area contributed by atoms with Crippen LogP contribution >= 0.6 is 0 Å². The van der Waals surface area contributed by atoms with Gasteiger partial charge in [0.05, 0.1) is 13.1 Å².